The molecule has 2 heterocycles. The molecule has 1 fully saturated rings. The minimum atomic E-state index is -3.61. The number of ether oxygens (including phenoxy) is 1. The summed E-state index contributed by atoms with van der Waals surface area (Å²) in [6.45, 7) is 1.86. The van der Waals surface area contributed by atoms with Gasteiger partial charge < -0.3 is 10.1 Å². The Morgan fingerprint density at radius 3 is 2.32 bits per heavy atom. The van der Waals surface area contributed by atoms with Gasteiger partial charge in [0.15, 0.2) is 0 Å². The zero-order chi connectivity index (χ0) is 21.7. The lowest BCUT2D eigenvalue weighted by Crippen LogP contribution is -2.44. The molecule has 0 bridgehead atoms. The third-order valence-corrected chi connectivity index (χ3v) is 8.36. The van der Waals surface area contributed by atoms with Crippen molar-refractivity contribution in [2.45, 2.75) is 22.5 Å². The van der Waals surface area contributed by atoms with Gasteiger partial charge in [-0.1, -0.05) is 36.4 Å². The SMILES string of the molecule is O=C(NCC1(c2ccccc2)CCOCC1)c1ccc(NS(=O)(=O)c2cccs2)cc1. The predicted molar refractivity (Wildman–Crippen MR) is 122 cm³/mol. The summed E-state index contributed by atoms with van der Waals surface area (Å²) in [5.74, 6) is -0.186. The summed E-state index contributed by atoms with van der Waals surface area (Å²) in [7, 11) is -3.61. The normalized spacial score (nSPS) is 15.9. The second-order valence-electron chi connectivity index (χ2n) is 7.56. The highest BCUT2D eigenvalue weighted by Gasteiger charge is 2.34. The summed E-state index contributed by atoms with van der Waals surface area (Å²) in [4.78, 5) is 12.8. The average Bonchev–Trinajstić information content (AvgIpc) is 3.35. The number of sulfonamides is 1. The molecule has 1 aromatic heterocycles. The van der Waals surface area contributed by atoms with E-state index in [1.54, 1.807) is 41.8 Å². The Hall–Kier alpha value is -2.68. The molecule has 1 aliphatic rings. The molecule has 0 atom stereocenters. The molecular formula is C23H24N2O4S2. The number of thiophene rings is 1. The van der Waals surface area contributed by atoms with Crippen LogP contribution in [0.3, 0.4) is 0 Å². The molecule has 0 spiro atoms. The van der Waals surface area contributed by atoms with E-state index in [4.69, 9.17) is 4.74 Å². The third-order valence-electron chi connectivity index (χ3n) is 5.58. The summed E-state index contributed by atoms with van der Waals surface area (Å²) in [5, 5.41) is 4.78. The minimum absolute atomic E-state index is 0.147. The zero-order valence-electron chi connectivity index (χ0n) is 16.9. The quantitative estimate of drug-likeness (QED) is 0.562. The molecule has 6 nitrogen and oxygen atoms in total. The lowest BCUT2D eigenvalue weighted by Gasteiger charge is -2.38. The van der Waals surface area contributed by atoms with Crippen molar-refractivity contribution in [2.24, 2.45) is 0 Å². The van der Waals surface area contributed by atoms with E-state index < -0.39 is 10.0 Å². The molecule has 8 heteroatoms. The van der Waals surface area contributed by atoms with E-state index in [0.717, 1.165) is 24.2 Å². The van der Waals surface area contributed by atoms with Gasteiger partial charge in [0.1, 0.15) is 4.21 Å². The first-order chi connectivity index (χ1) is 15.0. The summed E-state index contributed by atoms with van der Waals surface area (Å²) < 4.78 is 33.0. The molecule has 3 aromatic rings. The molecular weight excluding hydrogens is 432 g/mol. The number of rotatable bonds is 7. The molecule has 162 valence electrons. The van der Waals surface area contributed by atoms with Crippen LogP contribution in [0.2, 0.25) is 0 Å². The Kier molecular flexibility index (Phi) is 6.41. The van der Waals surface area contributed by atoms with Gasteiger partial charge in [-0.05, 0) is 54.1 Å². The Morgan fingerprint density at radius 1 is 0.968 bits per heavy atom. The van der Waals surface area contributed by atoms with Gasteiger partial charge in [0.25, 0.3) is 15.9 Å². The topological polar surface area (TPSA) is 84.5 Å². The van der Waals surface area contributed by atoms with Gasteiger partial charge in [-0.25, -0.2) is 8.42 Å². The van der Waals surface area contributed by atoms with Crippen molar-refractivity contribution in [3.63, 3.8) is 0 Å². The van der Waals surface area contributed by atoms with E-state index in [-0.39, 0.29) is 15.5 Å². The highest BCUT2D eigenvalue weighted by atomic mass is 32.2. The smallest absolute Gasteiger partial charge is 0.271 e. The lowest BCUT2D eigenvalue weighted by atomic mass is 9.74. The maximum atomic E-state index is 12.8. The fraction of sp³-hybridized carbons (Fsp3) is 0.261. The maximum absolute atomic E-state index is 12.8. The van der Waals surface area contributed by atoms with Gasteiger partial charge in [-0.2, -0.15) is 0 Å². The van der Waals surface area contributed by atoms with Crippen LogP contribution in [0.5, 0.6) is 0 Å². The van der Waals surface area contributed by atoms with Crippen LogP contribution in [-0.2, 0) is 20.2 Å². The fourth-order valence-corrected chi connectivity index (χ4v) is 5.84. The van der Waals surface area contributed by atoms with E-state index in [1.165, 1.54) is 5.56 Å². The van der Waals surface area contributed by atoms with Gasteiger partial charge in [0.05, 0.1) is 0 Å². The van der Waals surface area contributed by atoms with Crippen LogP contribution in [0.4, 0.5) is 5.69 Å². The number of anilines is 1. The third kappa shape index (κ3) is 4.98. The Morgan fingerprint density at radius 2 is 1.68 bits per heavy atom. The van der Waals surface area contributed by atoms with Gasteiger partial charge in [-0.3, -0.25) is 9.52 Å². The summed E-state index contributed by atoms with van der Waals surface area (Å²) in [6.07, 6.45) is 1.70. The molecule has 1 saturated heterocycles. The van der Waals surface area contributed by atoms with Crippen LogP contribution >= 0.6 is 11.3 Å². The number of carbonyl (C=O) groups is 1. The van der Waals surface area contributed by atoms with E-state index in [2.05, 4.69) is 22.2 Å². The first-order valence-electron chi connectivity index (χ1n) is 10.1. The van der Waals surface area contributed by atoms with Gasteiger partial charge in [-0.15, -0.1) is 11.3 Å². The van der Waals surface area contributed by atoms with E-state index in [0.29, 0.717) is 31.0 Å². The molecule has 0 radical (unpaired) electrons. The van der Waals surface area contributed by atoms with Crippen LogP contribution in [0.25, 0.3) is 0 Å². The zero-order valence-corrected chi connectivity index (χ0v) is 18.5. The average molecular weight is 457 g/mol. The van der Waals surface area contributed by atoms with Crippen LogP contribution < -0.4 is 10.0 Å². The number of nitrogens with one attached hydrogen (secondary N) is 2. The van der Waals surface area contributed by atoms with Crippen molar-refractivity contribution < 1.29 is 17.9 Å². The first kappa shape index (κ1) is 21.5. The Labute approximate surface area is 186 Å². The van der Waals surface area contributed by atoms with Crippen molar-refractivity contribution in [1.29, 1.82) is 0 Å². The van der Waals surface area contributed by atoms with Gasteiger partial charge in [0.2, 0.25) is 0 Å². The van der Waals surface area contributed by atoms with Crippen molar-refractivity contribution in [3.8, 4) is 0 Å². The predicted octanol–water partition coefficient (Wildman–Crippen LogP) is 4.03. The van der Waals surface area contributed by atoms with Crippen LogP contribution in [0, 0.1) is 0 Å². The molecule has 0 unspecified atom stereocenters. The fourth-order valence-electron chi connectivity index (χ4n) is 3.78. The number of benzene rings is 2. The highest BCUT2D eigenvalue weighted by Crippen LogP contribution is 2.34. The number of amides is 1. The summed E-state index contributed by atoms with van der Waals surface area (Å²) in [6, 6.07) is 19.9. The maximum Gasteiger partial charge on any atom is 0.271 e. The standard InChI is InChI=1S/C23H24N2O4S2/c26-22(24-17-23(12-14-29-15-13-23)19-5-2-1-3-6-19)18-8-10-20(11-9-18)25-31(27,28)21-7-4-16-30-21/h1-11,16,25H,12-15,17H2,(H,24,26). The van der Waals surface area contributed by atoms with Crippen molar-refractivity contribution in [2.75, 3.05) is 24.5 Å². The molecule has 0 saturated carbocycles. The molecule has 1 aliphatic heterocycles. The van der Waals surface area contributed by atoms with Crippen LogP contribution in [0.1, 0.15) is 28.8 Å². The van der Waals surface area contributed by atoms with Gasteiger partial charge in [0, 0.05) is 36.4 Å². The van der Waals surface area contributed by atoms with E-state index in [1.807, 2.05) is 18.2 Å². The van der Waals surface area contributed by atoms with Gasteiger partial charge >= 0.3 is 0 Å². The second kappa shape index (κ2) is 9.21. The monoisotopic (exact) mass is 456 g/mol. The van der Waals surface area contributed by atoms with Crippen molar-refractivity contribution in [3.05, 3.63) is 83.2 Å². The van der Waals surface area contributed by atoms with Crippen molar-refractivity contribution >= 4 is 33.0 Å². The second-order valence-corrected chi connectivity index (χ2v) is 10.4. The minimum Gasteiger partial charge on any atom is -0.381 e. The molecule has 0 aliphatic carbocycles. The summed E-state index contributed by atoms with van der Waals surface area (Å²) in [5.41, 5.74) is 1.95. The molecule has 2 aromatic carbocycles. The first-order valence-corrected chi connectivity index (χ1v) is 12.4. The van der Waals surface area contributed by atoms with E-state index in [9.17, 15) is 13.2 Å². The largest absolute Gasteiger partial charge is 0.381 e. The number of carbonyl (C=O) groups excluding carboxylic acids is 1. The summed E-state index contributed by atoms with van der Waals surface area (Å²) >= 11 is 1.15. The van der Waals surface area contributed by atoms with Crippen LogP contribution in [-0.4, -0.2) is 34.1 Å². The Balaban J connectivity index is 1.42. The number of hydrogen-bond acceptors (Lipinski definition) is 5. The molecule has 2 N–H and O–H groups in total. The van der Waals surface area contributed by atoms with Crippen molar-refractivity contribution in [1.82, 2.24) is 5.32 Å². The lowest BCUT2D eigenvalue weighted by molar-refractivity contribution is 0.0487. The number of hydrogen-bond donors (Lipinski definition) is 2. The highest BCUT2D eigenvalue weighted by molar-refractivity contribution is 7.94. The van der Waals surface area contributed by atoms with E-state index >= 15 is 0 Å². The van der Waals surface area contributed by atoms with Crippen LogP contribution in [0.15, 0.2) is 76.3 Å². The molecule has 1 amide bonds. The molecule has 31 heavy (non-hydrogen) atoms. The molecule has 4 rings (SSSR count). The Bertz CT molecular complexity index is 1110.